The van der Waals surface area contributed by atoms with Crippen molar-refractivity contribution in [2.24, 2.45) is 5.92 Å². The first-order valence-corrected chi connectivity index (χ1v) is 23.5. The third kappa shape index (κ3) is 10.6. The molecule has 0 saturated carbocycles. The van der Waals surface area contributed by atoms with Gasteiger partial charge in [0.25, 0.3) is 11.5 Å². The maximum absolute atomic E-state index is 12.9. The highest BCUT2D eigenvalue weighted by molar-refractivity contribution is 8.07. The Morgan fingerprint density at radius 1 is 1.07 bits per heavy atom. The number of imidazole rings is 2. The van der Waals surface area contributed by atoms with Crippen LogP contribution in [0, 0.1) is 17.2 Å². The summed E-state index contributed by atoms with van der Waals surface area (Å²) in [5.41, 5.74) is 0.493. The number of aromatic amines is 1. The van der Waals surface area contributed by atoms with Crippen LogP contribution in [0.15, 0.2) is 54.1 Å². The van der Waals surface area contributed by atoms with E-state index in [4.69, 9.17) is 51.2 Å². The number of rotatable bonds is 17. The van der Waals surface area contributed by atoms with Gasteiger partial charge in [-0.2, -0.15) is 10.2 Å². The van der Waals surface area contributed by atoms with E-state index in [1.54, 1.807) is 48.7 Å². The number of fused-ring (bicyclic) bond motifs is 2. The minimum Gasteiger partial charge on any atom is -0.394 e. The summed E-state index contributed by atoms with van der Waals surface area (Å²) in [6, 6.07) is 10.6. The van der Waals surface area contributed by atoms with Crippen LogP contribution in [0.1, 0.15) is 55.9 Å². The van der Waals surface area contributed by atoms with Crippen LogP contribution >= 0.6 is 13.9 Å². The predicted octanol–water partition coefficient (Wildman–Crippen LogP) is 2.98. The third-order valence-corrected chi connectivity index (χ3v) is 12.5. The smallest absolute Gasteiger partial charge is 0.327 e. The topological polar surface area (TPSA) is 320 Å². The van der Waals surface area contributed by atoms with Crippen LogP contribution in [0.4, 0.5) is 11.8 Å². The number of aliphatic hydroxyl groups is 1. The molecule has 2 saturated heterocycles. The minimum atomic E-state index is -3.72. The van der Waals surface area contributed by atoms with Crippen LogP contribution in [-0.2, 0) is 56.0 Å². The molecule has 61 heavy (non-hydrogen) atoms. The first-order valence-electron chi connectivity index (χ1n) is 18.4. The van der Waals surface area contributed by atoms with Crippen LogP contribution in [-0.4, -0.2) is 105 Å². The zero-order valence-corrected chi connectivity index (χ0v) is 36.0. The van der Waals surface area contributed by atoms with Crippen LogP contribution in [0.5, 0.6) is 0 Å². The molecule has 5 aromatic rings. The van der Waals surface area contributed by atoms with Crippen molar-refractivity contribution >= 4 is 83.4 Å². The number of nitrogens with one attached hydrogen (secondary N) is 3. The number of H-pyrrole nitrogens is 1. The van der Waals surface area contributed by atoms with Crippen LogP contribution in [0.2, 0.25) is 0 Å². The molecule has 0 radical (unpaired) electrons. The number of nitrogens with zero attached hydrogens (tertiary/aromatic N) is 8. The van der Waals surface area contributed by atoms with Gasteiger partial charge in [0.1, 0.15) is 24.8 Å². The second-order valence-electron chi connectivity index (χ2n) is 13.7. The second kappa shape index (κ2) is 20.1. The number of anilines is 2. The van der Waals surface area contributed by atoms with Crippen molar-refractivity contribution in [1.29, 1.82) is 5.26 Å². The van der Waals surface area contributed by atoms with Crippen molar-refractivity contribution < 1.29 is 47.2 Å². The van der Waals surface area contributed by atoms with Crippen molar-refractivity contribution in [3.8, 4) is 6.07 Å². The number of hydrogen-bond acceptors (Lipinski definition) is 19. The van der Waals surface area contributed by atoms with Crippen molar-refractivity contribution in [3.63, 3.8) is 0 Å². The van der Waals surface area contributed by atoms with E-state index in [0.29, 0.717) is 16.7 Å². The molecule has 23 nitrogen and oxygen atoms in total. The van der Waals surface area contributed by atoms with Gasteiger partial charge in [-0.05, 0) is 35.7 Å². The fourth-order valence-corrected chi connectivity index (χ4v) is 9.44. The van der Waals surface area contributed by atoms with E-state index < -0.39 is 68.8 Å². The number of benzene rings is 1. The van der Waals surface area contributed by atoms with Gasteiger partial charge in [0.05, 0.1) is 57.2 Å². The molecule has 27 heteroatoms. The van der Waals surface area contributed by atoms with Gasteiger partial charge in [0.2, 0.25) is 11.9 Å². The van der Waals surface area contributed by atoms with Gasteiger partial charge in [-0.25, -0.2) is 19.9 Å². The summed E-state index contributed by atoms with van der Waals surface area (Å²) in [4.78, 5) is 72.3. The number of aromatic nitrogens is 8. The minimum absolute atomic E-state index is 0. The molecule has 0 spiro atoms. The maximum atomic E-state index is 12.9. The van der Waals surface area contributed by atoms with Crippen LogP contribution in [0.3, 0.4) is 0 Å². The molecule has 2 amide bonds. The van der Waals surface area contributed by atoms with Gasteiger partial charge in [-0.15, -0.1) is 0 Å². The van der Waals surface area contributed by atoms with E-state index >= 15 is 0 Å². The Morgan fingerprint density at radius 2 is 1.82 bits per heavy atom. The van der Waals surface area contributed by atoms with Crippen molar-refractivity contribution in [2.75, 3.05) is 30.5 Å². The van der Waals surface area contributed by atoms with Gasteiger partial charge < -0.3 is 49.0 Å². The van der Waals surface area contributed by atoms with Gasteiger partial charge in [0, 0.05) is 24.3 Å². The van der Waals surface area contributed by atoms with E-state index in [1.165, 1.54) is 23.5 Å². The zero-order chi connectivity index (χ0) is 42.6. The molecular formula is C34H42N12O11P2S2. The van der Waals surface area contributed by atoms with E-state index in [0.717, 1.165) is 0 Å². The summed E-state index contributed by atoms with van der Waals surface area (Å²) in [7, 11) is -2.68. The lowest BCUT2D eigenvalue weighted by molar-refractivity contribution is -0.118. The molecule has 0 aliphatic carbocycles. The average molecular weight is 921 g/mol. The van der Waals surface area contributed by atoms with Crippen molar-refractivity contribution in [1.82, 2.24) is 45.2 Å². The lowest BCUT2D eigenvalue weighted by Crippen LogP contribution is -2.28. The zero-order valence-electron chi connectivity index (χ0n) is 32.5. The number of amides is 2. The van der Waals surface area contributed by atoms with Gasteiger partial charge in [-0.1, -0.05) is 32.0 Å². The lowest BCUT2D eigenvalue weighted by Gasteiger charge is -2.27. The molecule has 2 unspecified atom stereocenters. The standard InChI is InChI=1S/C34H39N11O11P2S2.H3N/c1-18(2)30(47)42-34-41-29-26(32(49)43-34)39-17-45(29)33-22(55-57(50)59)11-20(53-33)14-52-58(60,51-10-6-9-35)56-21-12-24(54-23(21)13-46)44-16-38-25-27(36-15-37-28(25)44)40-31(48)19-7-4-3-5-8-19;/h3-5,7-8,15-18,20-24,33,46,57H,6,10-14H2,1-2H3,(H,50,59)(H,36,37,40,48)(H2,41,42,43,47,49);1H3/t20-,21-,22+,23+,24+,33+,58?;/m0./s1. The molecular weight excluding hydrogens is 879 g/mol. The molecule has 4 aromatic heterocycles. The lowest BCUT2D eigenvalue weighted by atomic mass is 10.2. The number of carbonyl (C=O) groups is 2. The van der Waals surface area contributed by atoms with Crippen LogP contribution in [0.25, 0.3) is 22.3 Å². The number of aliphatic hydroxyl groups excluding tert-OH is 1. The van der Waals surface area contributed by atoms with Crippen molar-refractivity contribution in [3.05, 3.63) is 65.2 Å². The number of nitriles is 1. The second-order valence-corrected chi connectivity index (χ2v) is 18.5. The Hall–Kier alpha value is -4.51. The van der Waals surface area contributed by atoms with Gasteiger partial charge in [0.15, 0.2) is 41.5 Å². The Labute approximate surface area is 357 Å². The third-order valence-electron chi connectivity index (χ3n) is 9.31. The van der Waals surface area contributed by atoms with E-state index in [9.17, 15) is 29.6 Å². The molecule has 7 rings (SSSR count). The molecule has 1 aromatic carbocycles. The van der Waals surface area contributed by atoms with Gasteiger partial charge >= 0.3 is 6.72 Å². The van der Waals surface area contributed by atoms with Crippen molar-refractivity contribution in [2.45, 2.75) is 70.0 Å². The fraction of sp³-hybridized carbons (Fsp3) is 0.441. The highest BCUT2D eigenvalue weighted by Gasteiger charge is 2.44. The highest BCUT2D eigenvalue weighted by atomic mass is 32.5. The summed E-state index contributed by atoms with van der Waals surface area (Å²) in [5, 5.41) is 24.9. The normalized spacial score (nSPS) is 22.8. The van der Waals surface area contributed by atoms with E-state index in [-0.39, 0.29) is 73.4 Å². The van der Waals surface area contributed by atoms with E-state index in [1.807, 2.05) is 6.07 Å². The summed E-state index contributed by atoms with van der Waals surface area (Å²) < 4.78 is 39.6. The van der Waals surface area contributed by atoms with Crippen LogP contribution < -0.4 is 22.3 Å². The molecule has 8 N–H and O–H groups in total. The first-order chi connectivity index (χ1) is 28.9. The predicted molar refractivity (Wildman–Crippen MR) is 225 cm³/mol. The number of ether oxygens (including phenoxy) is 2. The molecule has 8 atom stereocenters. The highest BCUT2D eigenvalue weighted by Crippen LogP contribution is 2.54. The Kier molecular flexibility index (Phi) is 15.2. The molecule has 2 aliphatic heterocycles. The molecule has 0 bridgehead atoms. The first kappa shape index (κ1) is 46.0. The Balaban J connectivity index is 0.00000622. The fourth-order valence-electron chi connectivity index (χ4n) is 6.45. The monoisotopic (exact) mass is 920 g/mol. The quantitative estimate of drug-likeness (QED) is 0.0577. The van der Waals surface area contributed by atoms with E-state index in [2.05, 4.69) is 40.5 Å². The number of hydrogen-bond donors (Lipinski definition) is 6. The Bertz CT molecular complexity index is 2540. The summed E-state index contributed by atoms with van der Waals surface area (Å²) in [6.07, 6.45) is -0.869. The largest absolute Gasteiger partial charge is 0.394 e. The average Bonchev–Trinajstić information content (AvgIpc) is 4.03. The number of carbonyl (C=O) groups excluding carboxylic acids is 2. The SMILES string of the molecule is CC(C)C(=O)Nc1nc2c(ncn2[C@@H]2O[C@H](COP(=S)(OCCC#N)O[C@H]3C[C@H](n4cnc5c(NC(=O)c6ccccc6)ncnc54)O[C@@H]3CO)C[C@H]2O[PH](O)=S)c(=O)[nH]1.N. The summed E-state index contributed by atoms with van der Waals surface area (Å²) >= 11 is 10.8. The summed E-state index contributed by atoms with van der Waals surface area (Å²) in [5.74, 6) is -1.06. The molecule has 2 aliphatic rings. The summed E-state index contributed by atoms with van der Waals surface area (Å²) in [6.45, 7) is -1.16. The maximum Gasteiger partial charge on any atom is 0.327 e. The van der Waals surface area contributed by atoms with Gasteiger partial charge in [-0.3, -0.25) is 33.8 Å². The Morgan fingerprint density at radius 3 is 2.54 bits per heavy atom. The molecule has 326 valence electrons. The molecule has 6 heterocycles. The molecule has 2 fully saturated rings.